The Bertz CT molecular complexity index is 812. The molecule has 0 bridgehead atoms. The van der Waals surface area contributed by atoms with E-state index in [1.165, 1.54) is 5.56 Å². The smallest absolute Gasteiger partial charge is 0.223 e. The summed E-state index contributed by atoms with van der Waals surface area (Å²) in [6, 6.07) is 8.30. The molecule has 0 spiro atoms. The van der Waals surface area contributed by atoms with E-state index in [1.54, 1.807) is 6.33 Å². The molecule has 2 fully saturated rings. The first kappa shape index (κ1) is 19.6. The molecular weight excluding hydrogens is 366 g/mol. The first-order chi connectivity index (χ1) is 14.2. The number of anilines is 2. The average molecular weight is 396 g/mol. The largest absolute Gasteiger partial charge is 0.378 e. The van der Waals surface area contributed by atoms with Gasteiger partial charge in [0.1, 0.15) is 6.33 Å². The van der Waals surface area contributed by atoms with Gasteiger partial charge in [0.15, 0.2) is 5.82 Å². The third-order valence-electron chi connectivity index (χ3n) is 5.78. The van der Waals surface area contributed by atoms with E-state index >= 15 is 0 Å². The molecule has 1 aromatic carbocycles. The maximum absolute atomic E-state index is 12.6. The predicted octanol–water partition coefficient (Wildman–Crippen LogP) is 2.15. The number of carbonyl (C=O) groups excluding carboxylic acids is 1. The van der Waals surface area contributed by atoms with Crippen molar-refractivity contribution in [1.29, 1.82) is 0 Å². The number of hydrogen-bond donors (Lipinski definition) is 1. The molecule has 2 aliphatic rings. The maximum atomic E-state index is 12.6. The van der Waals surface area contributed by atoms with Crippen molar-refractivity contribution in [3.63, 3.8) is 0 Å². The van der Waals surface area contributed by atoms with Crippen molar-refractivity contribution in [1.82, 2.24) is 15.3 Å². The molecule has 7 nitrogen and oxygen atoms in total. The van der Waals surface area contributed by atoms with E-state index in [0.717, 1.165) is 69.3 Å². The molecular formula is C22H29N5O2. The second-order valence-corrected chi connectivity index (χ2v) is 7.80. The summed E-state index contributed by atoms with van der Waals surface area (Å²) in [5.41, 5.74) is 3.43. The molecule has 1 aromatic heterocycles. The molecule has 29 heavy (non-hydrogen) atoms. The minimum absolute atomic E-state index is 0.0631. The van der Waals surface area contributed by atoms with Crippen molar-refractivity contribution in [3.05, 3.63) is 47.9 Å². The van der Waals surface area contributed by atoms with Crippen molar-refractivity contribution in [2.75, 3.05) is 49.2 Å². The molecule has 3 heterocycles. The highest BCUT2D eigenvalue weighted by Crippen LogP contribution is 2.30. The number of piperidine rings is 1. The molecule has 0 unspecified atom stereocenters. The van der Waals surface area contributed by atoms with Gasteiger partial charge >= 0.3 is 0 Å². The van der Waals surface area contributed by atoms with Crippen LogP contribution in [0.5, 0.6) is 0 Å². The van der Waals surface area contributed by atoms with Crippen LogP contribution in [0.3, 0.4) is 0 Å². The number of nitrogens with zero attached hydrogens (tertiary/aromatic N) is 4. The van der Waals surface area contributed by atoms with Crippen LogP contribution >= 0.6 is 0 Å². The zero-order valence-corrected chi connectivity index (χ0v) is 17.0. The Morgan fingerprint density at radius 3 is 2.55 bits per heavy atom. The number of aryl methyl sites for hydroxylation is 1. The zero-order valence-electron chi connectivity index (χ0n) is 17.0. The summed E-state index contributed by atoms with van der Waals surface area (Å²) < 4.78 is 5.46. The summed E-state index contributed by atoms with van der Waals surface area (Å²) in [5, 5.41) is 3.10. The Kier molecular flexibility index (Phi) is 6.24. The number of nitrogens with one attached hydrogen (secondary N) is 1. The number of rotatable bonds is 5. The minimum Gasteiger partial charge on any atom is -0.378 e. The summed E-state index contributed by atoms with van der Waals surface area (Å²) in [6.07, 6.45) is 5.20. The number of ether oxygens (including phenoxy) is 1. The summed E-state index contributed by atoms with van der Waals surface area (Å²) in [5.74, 6) is 1.20. The van der Waals surface area contributed by atoms with E-state index in [1.807, 2.05) is 6.20 Å². The number of benzene rings is 1. The fourth-order valence-corrected chi connectivity index (χ4v) is 3.98. The van der Waals surface area contributed by atoms with Crippen molar-refractivity contribution < 1.29 is 9.53 Å². The summed E-state index contributed by atoms with van der Waals surface area (Å²) in [6.45, 7) is 7.50. The first-order valence-electron chi connectivity index (χ1n) is 10.4. The number of carbonyl (C=O) groups is 1. The standard InChI is InChI=1S/C22H29N5O2/c1-17-2-4-18(5-3-17)14-24-22(28)19-6-8-26(9-7-19)20-15-23-16-25-21(20)27-10-12-29-13-11-27/h2-5,15-16,19H,6-14H2,1H3,(H,24,28). The first-order valence-corrected chi connectivity index (χ1v) is 10.4. The number of amides is 1. The molecule has 4 rings (SSSR count). The van der Waals surface area contributed by atoms with E-state index in [2.05, 4.69) is 56.3 Å². The minimum atomic E-state index is 0.0631. The van der Waals surface area contributed by atoms with Crippen LogP contribution in [0.15, 0.2) is 36.8 Å². The molecule has 7 heteroatoms. The molecule has 2 aromatic rings. The van der Waals surface area contributed by atoms with Gasteiger partial charge < -0.3 is 19.9 Å². The molecule has 1 N–H and O–H groups in total. The van der Waals surface area contributed by atoms with Gasteiger partial charge in [-0.1, -0.05) is 29.8 Å². The van der Waals surface area contributed by atoms with Crippen molar-refractivity contribution in [2.24, 2.45) is 5.92 Å². The highest BCUT2D eigenvalue weighted by atomic mass is 16.5. The number of aromatic nitrogens is 2. The lowest BCUT2D eigenvalue weighted by Crippen LogP contribution is -2.42. The van der Waals surface area contributed by atoms with E-state index in [0.29, 0.717) is 6.54 Å². The van der Waals surface area contributed by atoms with Crippen molar-refractivity contribution in [3.8, 4) is 0 Å². The van der Waals surface area contributed by atoms with Crippen LogP contribution < -0.4 is 15.1 Å². The van der Waals surface area contributed by atoms with Crippen LogP contribution in [0.25, 0.3) is 0 Å². The monoisotopic (exact) mass is 395 g/mol. The van der Waals surface area contributed by atoms with E-state index < -0.39 is 0 Å². The van der Waals surface area contributed by atoms with E-state index in [9.17, 15) is 4.79 Å². The number of morpholine rings is 1. The SMILES string of the molecule is Cc1ccc(CNC(=O)C2CCN(c3cncnc3N3CCOCC3)CC2)cc1. The molecule has 0 saturated carbocycles. The summed E-state index contributed by atoms with van der Waals surface area (Å²) in [7, 11) is 0. The third kappa shape index (κ3) is 4.85. The van der Waals surface area contributed by atoms with Gasteiger partial charge in [-0.25, -0.2) is 9.97 Å². The van der Waals surface area contributed by atoms with Crippen molar-refractivity contribution >= 4 is 17.4 Å². The van der Waals surface area contributed by atoms with Crippen LogP contribution in [0, 0.1) is 12.8 Å². The lowest BCUT2D eigenvalue weighted by atomic mass is 9.95. The third-order valence-corrected chi connectivity index (χ3v) is 5.78. The lowest BCUT2D eigenvalue weighted by Gasteiger charge is -2.36. The normalized spacial score (nSPS) is 18.0. The van der Waals surface area contributed by atoms with Gasteiger partial charge in [0.05, 0.1) is 25.1 Å². The van der Waals surface area contributed by atoms with Gasteiger partial charge in [-0.15, -0.1) is 0 Å². The Balaban J connectivity index is 1.32. The van der Waals surface area contributed by atoms with E-state index in [-0.39, 0.29) is 11.8 Å². The average Bonchev–Trinajstić information content (AvgIpc) is 2.79. The van der Waals surface area contributed by atoms with Crippen LogP contribution in [-0.2, 0) is 16.1 Å². The molecule has 0 atom stereocenters. The Morgan fingerprint density at radius 2 is 1.83 bits per heavy atom. The molecule has 0 aliphatic carbocycles. The van der Waals surface area contributed by atoms with Gasteiger partial charge in [-0.05, 0) is 25.3 Å². The van der Waals surface area contributed by atoms with Crippen LogP contribution in [-0.4, -0.2) is 55.3 Å². The fraction of sp³-hybridized carbons (Fsp3) is 0.500. The van der Waals surface area contributed by atoms with Crippen LogP contribution in [0.1, 0.15) is 24.0 Å². The predicted molar refractivity (Wildman–Crippen MR) is 113 cm³/mol. The molecule has 154 valence electrons. The quantitative estimate of drug-likeness (QED) is 0.837. The van der Waals surface area contributed by atoms with Gasteiger partial charge in [0.25, 0.3) is 0 Å². The van der Waals surface area contributed by atoms with Gasteiger partial charge in [0.2, 0.25) is 5.91 Å². The Morgan fingerprint density at radius 1 is 1.10 bits per heavy atom. The fourth-order valence-electron chi connectivity index (χ4n) is 3.98. The highest BCUT2D eigenvalue weighted by molar-refractivity contribution is 5.79. The van der Waals surface area contributed by atoms with Crippen molar-refractivity contribution in [2.45, 2.75) is 26.3 Å². The highest BCUT2D eigenvalue weighted by Gasteiger charge is 2.27. The molecule has 2 aliphatic heterocycles. The molecule has 0 radical (unpaired) electrons. The van der Waals surface area contributed by atoms with E-state index in [4.69, 9.17) is 4.74 Å². The second kappa shape index (κ2) is 9.22. The maximum Gasteiger partial charge on any atom is 0.223 e. The Hall–Kier alpha value is -2.67. The summed E-state index contributed by atoms with van der Waals surface area (Å²) in [4.78, 5) is 26.0. The topological polar surface area (TPSA) is 70.6 Å². The number of hydrogen-bond acceptors (Lipinski definition) is 6. The van der Waals surface area contributed by atoms with Gasteiger partial charge in [0, 0.05) is 38.6 Å². The molecule has 1 amide bonds. The van der Waals surface area contributed by atoms with Crippen LogP contribution in [0.2, 0.25) is 0 Å². The van der Waals surface area contributed by atoms with Gasteiger partial charge in [-0.2, -0.15) is 0 Å². The lowest BCUT2D eigenvalue weighted by molar-refractivity contribution is -0.125. The second-order valence-electron chi connectivity index (χ2n) is 7.80. The Labute approximate surface area is 172 Å². The van der Waals surface area contributed by atoms with Crippen LogP contribution in [0.4, 0.5) is 11.5 Å². The van der Waals surface area contributed by atoms with Gasteiger partial charge in [-0.3, -0.25) is 4.79 Å². The molecule has 2 saturated heterocycles. The summed E-state index contributed by atoms with van der Waals surface area (Å²) >= 11 is 0. The zero-order chi connectivity index (χ0) is 20.1.